The van der Waals surface area contributed by atoms with Gasteiger partial charge in [0, 0.05) is 83.1 Å². The Bertz CT molecular complexity index is 2220. The van der Waals surface area contributed by atoms with Gasteiger partial charge in [-0.3, -0.25) is 19.2 Å². The standard InChI is InChI=1S/C60H97N5O16S/c1-35-27-36(2)29-48(77-7)54-49(78-8)31-38(4)60(75,81-54)55(70)56(71)65-25-16-13-17-43(65)57(72)80-53(37(3)30-40-20-21-44(66)47(32-40)76-6)39(5)45(67)33-46(68)41(28-35)22-26-79-59(74)62-24-15-10-9-14-23-61-51(69)19-12-11-18-50-52-42(34-82-50)63-58(73)64-52/h28,30,35-36,38-40,42-45,47-50,52-54,66-67,75H,9-27,29,31-34H2,1-8H3,(H,61,69)(H,62,74)(H2,63,64,73)/t35?,36-,38-,39-,40+,42+,43+,44-,45+,47-,48+,49+,50+,52+,53-,54-,60-/m1/s1. The zero-order valence-corrected chi connectivity index (χ0v) is 50.7. The zero-order chi connectivity index (χ0) is 59.7. The number of cyclic esters (lactones) is 1. The van der Waals surface area contributed by atoms with Crippen molar-refractivity contribution in [3.63, 3.8) is 0 Å². The molecule has 1 aliphatic carbocycles. The lowest BCUT2D eigenvalue weighted by molar-refractivity contribution is -0.302. The Kier molecular flexibility index (Phi) is 26.4. The molecule has 5 aliphatic heterocycles. The Morgan fingerprint density at radius 3 is 2.27 bits per heavy atom. The van der Waals surface area contributed by atoms with Gasteiger partial charge in [0.1, 0.15) is 18.2 Å². The minimum Gasteiger partial charge on any atom is -0.456 e. The second-order valence-corrected chi connectivity index (χ2v) is 25.5. The summed E-state index contributed by atoms with van der Waals surface area (Å²) < 4.78 is 35.7. The number of amides is 5. The van der Waals surface area contributed by atoms with Crippen molar-refractivity contribution in [2.75, 3.05) is 53.3 Å². The maximum Gasteiger partial charge on any atom is 0.407 e. The zero-order valence-electron chi connectivity index (χ0n) is 49.9. The average molecular weight is 1180 g/mol. The molecule has 1 unspecified atom stereocenters. The van der Waals surface area contributed by atoms with E-state index in [2.05, 4.69) is 21.3 Å². The highest BCUT2D eigenvalue weighted by Gasteiger charge is 2.57. The van der Waals surface area contributed by atoms with Crippen LogP contribution >= 0.6 is 11.8 Å². The van der Waals surface area contributed by atoms with E-state index in [0.29, 0.717) is 87.3 Å². The molecule has 5 heterocycles. The van der Waals surface area contributed by atoms with Crippen LogP contribution in [0.2, 0.25) is 0 Å². The fourth-order valence-corrected chi connectivity index (χ4v) is 14.6. The number of aliphatic hydroxyl groups is 3. The molecule has 4 saturated heterocycles. The summed E-state index contributed by atoms with van der Waals surface area (Å²) in [6, 6.07) is -0.929. The number of urea groups is 1. The van der Waals surface area contributed by atoms with Gasteiger partial charge in [0.25, 0.3) is 11.7 Å². The second-order valence-electron chi connectivity index (χ2n) is 24.2. The van der Waals surface area contributed by atoms with Crippen LogP contribution in [0.4, 0.5) is 9.59 Å². The first-order chi connectivity index (χ1) is 39.2. The second kappa shape index (κ2) is 32.4. The van der Waals surface area contributed by atoms with Gasteiger partial charge in [0.2, 0.25) is 11.7 Å². The molecule has 0 radical (unpaired) electrons. The Hall–Kier alpha value is -4.16. The van der Waals surface area contributed by atoms with Gasteiger partial charge in [-0.1, -0.05) is 59.1 Å². The smallest absolute Gasteiger partial charge is 0.407 e. The number of nitrogens with zero attached hydrogens (tertiary/aromatic N) is 1. The highest BCUT2D eigenvalue weighted by atomic mass is 32.2. The van der Waals surface area contributed by atoms with Gasteiger partial charge in [-0.25, -0.2) is 14.4 Å². The molecule has 82 heavy (non-hydrogen) atoms. The Balaban J connectivity index is 1.09. The van der Waals surface area contributed by atoms with Crippen LogP contribution in [-0.2, 0) is 52.4 Å². The number of nitrogens with one attached hydrogen (secondary N) is 4. The van der Waals surface area contributed by atoms with Gasteiger partial charge in [-0.15, -0.1) is 0 Å². The number of ether oxygens (including phenoxy) is 6. The number of Topliss-reactive ketones (excluding diaryl/α,β-unsaturated/α-hetero) is 2. The molecule has 0 spiro atoms. The van der Waals surface area contributed by atoms with E-state index < -0.39 is 90.1 Å². The van der Waals surface area contributed by atoms with E-state index >= 15 is 0 Å². The fraction of sp³-hybridized carbons (Fsp3) is 0.817. The van der Waals surface area contributed by atoms with Gasteiger partial charge < -0.3 is 69.9 Å². The number of piperidine rings is 1. The number of aliphatic hydroxyl groups excluding tert-OH is 2. The van der Waals surface area contributed by atoms with Gasteiger partial charge in [0.05, 0.1) is 49.2 Å². The van der Waals surface area contributed by atoms with E-state index in [9.17, 15) is 48.9 Å². The molecule has 1 saturated carbocycles. The number of hydrogen-bond acceptors (Lipinski definition) is 17. The fourth-order valence-electron chi connectivity index (χ4n) is 13.0. The summed E-state index contributed by atoms with van der Waals surface area (Å²) in [4.78, 5) is 96.1. The van der Waals surface area contributed by atoms with Crippen LogP contribution < -0.4 is 21.3 Å². The number of unbranched alkanes of at least 4 members (excludes halogenated alkanes) is 4. The number of allylic oxidation sites excluding steroid dienone is 2. The lowest BCUT2D eigenvalue weighted by atomic mass is 9.81. The van der Waals surface area contributed by atoms with Crippen LogP contribution in [0.5, 0.6) is 0 Å². The monoisotopic (exact) mass is 1180 g/mol. The van der Waals surface area contributed by atoms with Crippen LogP contribution in [0.25, 0.3) is 0 Å². The highest BCUT2D eigenvalue weighted by Crippen LogP contribution is 2.40. The Morgan fingerprint density at radius 1 is 0.841 bits per heavy atom. The Labute approximate surface area is 489 Å². The molecule has 0 aromatic rings. The van der Waals surface area contributed by atoms with Crippen molar-refractivity contribution in [2.45, 2.75) is 229 Å². The summed E-state index contributed by atoms with van der Waals surface area (Å²) in [6.45, 7) is 9.95. The summed E-state index contributed by atoms with van der Waals surface area (Å²) in [5.74, 6) is -7.18. The molecule has 6 rings (SSSR count). The van der Waals surface area contributed by atoms with Crippen LogP contribution in [0.15, 0.2) is 23.3 Å². The first kappa shape index (κ1) is 67.0. The minimum atomic E-state index is -2.57. The van der Waals surface area contributed by atoms with Gasteiger partial charge in [-0.2, -0.15) is 11.8 Å². The van der Waals surface area contributed by atoms with Crippen molar-refractivity contribution in [2.24, 2.45) is 29.6 Å². The normalized spacial score (nSPS) is 35.5. The lowest BCUT2D eigenvalue weighted by Gasteiger charge is -2.47. The van der Waals surface area contributed by atoms with Crippen LogP contribution in [0.1, 0.15) is 157 Å². The molecular weight excluding hydrogens is 1080 g/mol. The lowest BCUT2D eigenvalue weighted by Crippen LogP contribution is -2.64. The number of carbonyl (C=O) groups excluding carboxylic acids is 7. The topological polar surface area (TPSA) is 287 Å². The van der Waals surface area contributed by atoms with Crippen molar-refractivity contribution in [1.29, 1.82) is 0 Å². The third-order valence-corrected chi connectivity index (χ3v) is 19.4. The molecule has 5 fully saturated rings. The summed E-state index contributed by atoms with van der Waals surface area (Å²) in [5, 5.41) is 47.0. The number of carbonyl (C=O) groups is 7. The average Bonchev–Trinajstić information content (AvgIpc) is 4.05. The number of esters is 1. The van der Waals surface area contributed by atoms with E-state index in [1.165, 1.54) is 14.2 Å². The predicted molar refractivity (Wildman–Crippen MR) is 307 cm³/mol. The molecule has 6 aliphatic rings. The van der Waals surface area contributed by atoms with E-state index in [4.69, 9.17) is 28.4 Å². The van der Waals surface area contributed by atoms with Crippen molar-refractivity contribution < 1.29 is 77.3 Å². The van der Waals surface area contributed by atoms with E-state index in [1.807, 2.05) is 37.8 Å². The number of ketones is 2. The molecule has 2 bridgehead atoms. The summed E-state index contributed by atoms with van der Waals surface area (Å²) >= 11 is 1.88. The van der Waals surface area contributed by atoms with Crippen molar-refractivity contribution in [3.8, 4) is 0 Å². The van der Waals surface area contributed by atoms with Gasteiger partial charge >= 0.3 is 18.1 Å². The largest absolute Gasteiger partial charge is 0.456 e. The maximum atomic E-state index is 14.6. The third kappa shape index (κ3) is 18.4. The van der Waals surface area contributed by atoms with Crippen LogP contribution in [0.3, 0.4) is 0 Å². The van der Waals surface area contributed by atoms with Crippen molar-refractivity contribution in [1.82, 2.24) is 26.2 Å². The molecule has 22 heteroatoms. The number of alkyl carbamates (subject to hydrolysis) is 1. The predicted octanol–water partition coefficient (Wildman–Crippen LogP) is 5.58. The summed E-state index contributed by atoms with van der Waals surface area (Å²) in [6.07, 6.45) is 7.43. The van der Waals surface area contributed by atoms with Crippen LogP contribution in [0, 0.1) is 29.6 Å². The number of methoxy groups -OCH3 is 3. The van der Waals surface area contributed by atoms with Gasteiger partial charge in [-0.05, 0) is 119 Å². The number of thioether (sulfide) groups is 1. The summed E-state index contributed by atoms with van der Waals surface area (Å²) in [5.41, 5.74) is 0.949. The number of rotatable bonds is 20. The Morgan fingerprint density at radius 2 is 1.55 bits per heavy atom. The van der Waals surface area contributed by atoms with E-state index in [0.717, 1.165) is 49.2 Å². The van der Waals surface area contributed by atoms with E-state index in [-0.39, 0.29) is 86.4 Å². The molecular formula is C60H97N5O16S. The molecule has 0 aromatic heterocycles. The molecule has 5 amide bonds. The third-order valence-electron chi connectivity index (χ3n) is 17.9. The highest BCUT2D eigenvalue weighted by molar-refractivity contribution is 8.00. The number of hydrogen-bond donors (Lipinski definition) is 7. The quantitative estimate of drug-likeness (QED) is 0.0257. The van der Waals surface area contributed by atoms with Crippen molar-refractivity contribution >= 4 is 53.2 Å². The van der Waals surface area contributed by atoms with Crippen molar-refractivity contribution in [3.05, 3.63) is 23.3 Å². The number of fused-ring (bicyclic) bond motifs is 4. The maximum absolute atomic E-state index is 14.6. The minimum absolute atomic E-state index is 0.0365. The molecule has 17 atom stereocenters. The first-order valence-electron chi connectivity index (χ1n) is 30.4. The molecule has 0 aromatic carbocycles. The summed E-state index contributed by atoms with van der Waals surface area (Å²) in [7, 11) is 4.56. The van der Waals surface area contributed by atoms with Crippen LogP contribution in [-0.4, -0.2) is 187 Å². The molecule has 7 N–H and O–H groups in total. The first-order valence-corrected chi connectivity index (χ1v) is 31.4. The SMILES string of the molecule is CO[C@H]1C[C@H](C)CC(C)C=C(CCOC(=O)NCCCCCCNC(=O)CCCC[C@@H]2SC[C@@H]3NC(=O)N[C@@H]32)C(=O)C[C@H](O)[C@@H](C)[C@@H](C(C)=C[C@@H]2CC[C@@H](O)[C@H](OC)C2)OC(=O)[C@@H]2CCCCN2C(=O)C(=O)[C@]2(O)O[C@H]1[C@@H](OC)C[C@H]2C. The van der Waals surface area contributed by atoms with Gasteiger partial charge in [0.15, 0.2) is 5.78 Å². The molecule has 464 valence electrons. The van der Waals surface area contributed by atoms with E-state index in [1.54, 1.807) is 27.9 Å². The molecule has 21 nitrogen and oxygen atoms in total.